The van der Waals surface area contributed by atoms with E-state index in [1.165, 1.54) is 17.3 Å². The summed E-state index contributed by atoms with van der Waals surface area (Å²) in [6.45, 7) is 4.08. The maximum Gasteiger partial charge on any atom is 0.264 e. The van der Waals surface area contributed by atoms with E-state index in [0.717, 1.165) is 28.3 Å². The zero-order chi connectivity index (χ0) is 21.3. The van der Waals surface area contributed by atoms with Crippen molar-refractivity contribution >= 4 is 40.3 Å². The zero-order valence-corrected chi connectivity index (χ0v) is 18.3. The molecule has 0 spiro atoms. The van der Waals surface area contributed by atoms with Crippen molar-refractivity contribution in [1.82, 2.24) is 9.88 Å². The van der Waals surface area contributed by atoms with E-state index in [0.29, 0.717) is 10.1 Å². The number of amidine groups is 1. The SMILES string of the molecule is Cc1ccc(N=C2NC(=O)/C(=C/c3cccn3-c3ccc(N(C)C)cc3)S2)c(C)c1. The fraction of sp³-hybridized carbons (Fsp3) is 0.167. The molecule has 2 heterocycles. The number of benzene rings is 2. The Hall–Kier alpha value is -3.25. The lowest BCUT2D eigenvalue weighted by atomic mass is 10.1. The molecule has 0 unspecified atom stereocenters. The number of thioether (sulfide) groups is 1. The van der Waals surface area contributed by atoms with Crippen LogP contribution in [0.2, 0.25) is 0 Å². The summed E-state index contributed by atoms with van der Waals surface area (Å²) in [6.07, 6.45) is 3.91. The molecule has 0 radical (unpaired) electrons. The Morgan fingerprint density at radius 2 is 1.83 bits per heavy atom. The van der Waals surface area contributed by atoms with Gasteiger partial charge in [-0.15, -0.1) is 0 Å². The van der Waals surface area contributed by atoms with Crippen LogP contribution in [0.15, 0.2) is 70.7 Å². The second kappa shape index (κ2) is 8.24. The van der Waals surface area contributed by atoms with E-state index in [-0.39, 0.29) is 5.91 Å². The van der Waals surface area contributed by atoms with Crippen LogP contribution >= 0.6 is 11.8 Å². The van der Waals surface area contributed by atoms with Gasteiger partial charge in [0.15, 0.2) is 5.17 Å². The van der Waals surface area contributed by atoms with Crippen LogP contribution in [-0.4, -0.2) is 29.7 Å². The highest BCUT2D eigenvalue weighted by Gasteiger charge is 2.24. The third-order valence-corrected chi connectivity index (χ3v) is 5.84. The van der Waals surface area contributed by atoms with Crippen LogP contribution in [0.4, 0.5) is 11.4 Å². The monoisotopic (exact) mass is 416 g/mol. The van der Waals surface area contributed by atoms with Crippen LogP contribution in [0.1, 0.15) is 16.8 Å². The summed E-state index contributed by atoms with van der Waals surface area (Å²) in [5.41, 5.74) is 6.28. The van der Waals surface area contributed by atoms with Crippen LogP contribution in [0.3, 0.4) is 0 Å². The highest BCUT2D eigenvalue weighted by molar-refractivity contribution is 8.18. The quantitative estimate of drug-likeness (QED) is 0.606. The van der Waals surface area contributed by atoms with Crippen molar-refractivity contribution in [3.05, 3.63) is 82.5 Å². The molecular formula is C24H24N4OS. The van der Waals surface area contributed by atoms with Crippen molar-refractivity contribution in [2.75, 3.05) is 19.0 Å². The number of nitrogens with one attached hydrogen (secondary N) is 1. The van der Waals surface area contributed by atoms with Crippen LogP contribution in [0, 0.1) is 13.8 Å². The van der Waals surface area contributed by atoms with Gasteiger partial charge in [-0.2, -0.15) is 0 Å². The lowest BCUT2D eigenvalue weighted by Gasteiger charge is -2.13. The molecule has 0 bridgehead atoms. The van der Waals surface area contributed by atoms with Gasteiger partial charge in [0.2, 0.25) is 0 Å². The molecule has 0 saturated carbocycles. The minimum absolute atomic E-state index is 0.126. The maximum atomic E-state index is 12.5. The second-order valence-corrected chi connectivity index (χ2v) is 8.52. The highest BCUT2D eigenvalue weighted by atomic mass is 32.2. The molecule has 4 rings (SSSR count). The first-order valence-corrected chi connectivity index (χ1v) is 10.5. The van der Waals surface area contributed by atoms with Gasteiger partial charge < -0.3 is 14.8 Å². The first kappa shape index (κ1) is 20.0. The molecule has 1 aliphatic heterocycles. The summed E-state index contributed by atoms with van der Waals surface area (Å²) < 4.78 is 2.07. The molecule has 5 nitrogen and oxygen atoms in total. The second-order valence-electron chi connectivity index (χ2n) is 7.49. The van der Waals surface area contributed by atoms with Gasteiger partial charge in [-0.25, -0.2) is 4.99 Å². The predicted molar refractivity (Wildman–Crippen MR) is 127 cm³/mol. The number of nitrogens with zero attached hydrogens (tertiary/aromatic N) is 3. The lowest BCUT2D eigenvalue weighted by Crippen LogP contribution is -2.19. The molecule has 30 heavy (non-hydrogen) atoms. The number of aryl methyl sites for hydroxylation is 2. The first-order chi connectivity index (χ1) is 14.4. The molecule has 0 atom stereocenters. The van der Waals surface area contributed by atoms with Gasteiger partial charge >= 0.3 is 0 Å². The summed E-state index contributed by atoms with van der Waals surface area (Å²) in [5.74, 6) is -0.126. The third kappa shape index (κ3) is 4.19. The highest BCUT2D eigenvalue weighted by Crippen LogP contribution is 2.30. The van der Waals surface area contributed by atoms with E-state index in [4.69, 9.17) is 0 Å². The Bertz CT molecular complexity index is 1160. The Labute approximate surface area is 181 Å². The molecule has 3 aromatic rings. The summed E-state index contributed by atoms with van der Waals surface area (Å²) in [6, 6.07) is 18.4. The summed E-state index contributed by atoms with van der Waals surface area (Å²) in [4.78, 5) is 19.8. The molecule has 1 amide bonds. The van der Waals surface area contributed by atoms with E-state index in [2.05, 4.69) is 57.0 Å². The van der Waals surface area contributed by atoms with Gasteiger partial charge in [-0.1, -0.05) is 17.7 Å². The minimum Gasteiger partial charge on any atom is -0.378 e. The van der Waals surface area contributed by atoms with E-state index in [9.17, 15) is 4.79 Å². The number of aromatic nitrogens is 1. The van der Waals surface area contributed by atoms with Crippen LogP contribution in [0.5, 0.6) is 0 Å². The molecule has 1 aromatic heterocycles. The normalized spacial score (nSPS) is 16.3. The standard InChI is InChI=1S/C24H24N4OS/c1-16-7-12-21(17(2)14-16)25-24-26-23(29)22(30-24)15-20-6-5-13-28(20)19-10-8-18(9-11-19)27(3)4/h5-15H,1-4H3,(H,25,26,29)/b22-15-. The molecule has 1 N–H and O–H groups in total. The number of amides is 1. The molecule has 2 aromatic carbocycles. The maximum absolute atomic E-state index is 12.5. The van der Waals surface area contributed by atoms with Gasteiger partial charge in [-0.3, -0.25) is 4.79 Å². The topological polar surface area (TPSA) is 49.6 Å². The summed E-state index contributed by atoms with van der Waals surface area (Å²) >= 11 is 1.37. The van der Waals surface area contributed by atoms with Gasteiger partial charge in [0.1, 0.15) is 0 Å². The van der Waals surface area contributed by atoms with Gasteiger partial charge in [0.25, 0.3) is 5.91 Å². The predicted octanol–water partition coefficient (Wildman–Crippen LogP) is 5.05. The zero-order valence-electron chi connectivity index (χ0n) is 17.5. The summed E-state index contributed by atoms with van der Waals surface area (Å²) in [7, 11) is 4.04. The van der Waals surface area contributed by atoms with Gasteiger partial charge in [0, 0.05) is 37.4 Å². The molecule has 1 aliphatic rings. The lowest BCUT2D eigenvalue weighted by molar-refractivity contribution is -0.115. The number of carbonyl (C=O) groups is 1. The number of hydrogen-bond acceptors (Lipinski definition) is 4. The third-order valence-electron chi connectivity index (χ3n) is 4.93. The Kier molecular flexibility index (Phi) is 5.50. The number of carbonyl (C=O) groups excluding carboxylic acids is 1. The van der Waals surface area contributed by atoms with Crippen LogP contribution in [-0.2, 0) is 4.79 Å². The number of rotatable bonds is 4. The van der Waals surface area contributed by atoms with E-state index >= 15 is 0 Å². The Morgan fingerprint density at radius 3 is 2.53 bits per heavy atom. The van der Waals surface area contributed by atoms with E-state index < -0.39 is 0 Å². The van der Waals surface area contributed by atoms with Gasteiger partial charge in [-0.05, 0) is 79.7 Å². The molecule has 1 saturated heterocycles. The van der Waals surface area contributed by atoms with Crippen molar-refractivity contribution in [3.8, 4) is 5.69 Å². The Balaban J connectivity index is 1.60. The molecule has 6 heteroatoms. The summed E-state index contributed by atoms with van der Waals surface area (Å²) in [5, 5.41) is 3.48. The Morgan fingerprint density at radius 1 is 1.07 bits per heavy atom. The van der Waals surface area contributed by atoms with Crippen molar-refractivity contribution in [2.24, 2.45) is 4.99 Å². The fourth-order valence-electron chi connectivity index (χ4n) is 3.31. The first-order valence-electron chi connectivity index (χ1n) is 9.73. The number of anilines is 1. The molecule has 1 fully saturated rings. The molecule has 0 aliphatic carbocycles. The van der Waals surface area contributed by atoms with Crippen LogP contribution in [0.25, 0.3) is 11.8 Å². The van der Waals surface area contributed by atoms with Crippen molar-refractivity contribution in [2.45, 2.75) is 13.8 Å². The fourth-order valence-corrected chi connectivity index (χ4v) is 4.13. The van der Waals surface area contributed by atoms with Crippen molar-refractivity contribution < 1.29 is 4.79 Å². The average molecular weight is 417 g/mol. The van der Waals surface area contributed by atoms with E-state index in [1.54, 1.807) is 0 Å². The van der Waals surface area contributed by atoms with E-state index in [1.807, 2.05) is 57.6 Å². The minimum atomic E-state index is -0.126. The molecule has 152 valence electrons. The molecular weight excluding hydrogens is 392 g/mol. The van der Waals surface area contributed by atoms with Crippen LogP contribution < -0.4 is 10.2 Å². The number of hydrogen-bond donors (Lipinski definition) is 1. The largest absolute Gasteiger partial charge is 0.378 e. The average Bonchev–Trinajstić information content (AvgIpc) is 3.31. The van der Waals surface area contributed by atoms with Crippen molar-refractivity contribution in [3.63, 3.8) is 0 Å². The van der Waals surface area contributed by atoms with Crippen molar-refractivity contribution in [1.29, 1.82) is 0 Å². The number of aliphatic imine (C=N–C) groups is 1. The van der Waals surface area contributed by atoms with Gasteiger partial charge in [0.05, 0.1) is 10.6 Å². The smallest absolute Gasteiger partial charge is 0.264 e.